The van der Waals surface area contributed by atoms with Crippen molar-refractivity contribution in [2.45, 2.75) is 6.54 Å². The van der Waals surface area contributed by atoms with Crippen LogP contribution in [-0.4, -0.2) is 25.8 Å². The van der Waals surface area contributed by atoms with Crippen LogP contribution in [0.15, 0.2) is 24.5 Å². The summed E-state index contributed by atoms with van der Waals surface area (Å²) >= 11 is 0. The number of nitrogen functional groups attached to an aromatic ring is 1. The van der Waals surface area contributed by atoms with Gasteiger partial charge in [0.15, 0.2) is 5.82 Å². The number of carboxylic acids is 1. The van der Waals surface area contributed by atoms with E-state index in [1.807, 2.05) is 0 Å². The molecule has 2 rings (SSSR count). The Bertz CT molecular complexity index is 579. The minimum atomic E-state index is -0.992. The van der Waals surface area contributed by atoms with E-state index in [2.05, 4.69) is 15.4 Å². The minimum Gasteiger partial charge on any atom is -0.478 e. The molecule has 1 heterocycles. The Morgan fingerprint density at radius 3 is 2.94 bits per heavy atom. The molecule has 7 heteroatoms. The van der Waals surface area contributed by atoms with Crippen molar-refractivity contribution in [3.63, 3.8) is 0 Å². The quantitative estimate of drug-likeness (QED) is 0.687. The number of benzene rings is 1. The second-order valence-electron chi connectivity index (χ2n) is 3.80. The highest BCUT2D eigenvalue weighted by Gasteiger charge is 2.07. The molecule has 0 aliphatic carbocycles. The van der Waals surface area contributed by atoms with Crippen LogP contribution in [0.25, 0.3) is 0 Å². The van der Waals surface area contributed by atoms with E-state index in [9.17, 15) is 4.79 Å². The minimum absolute atomic E-state index is 0.181. The summed E-state index contributed by atoms with van der Waals surface area (Å²) < 4.78 is 1.59. The zero-order chi connectivity index (χ0) is 13.1. The monoisotopic (exact) mass is 247 g/mol. The first-order valence-corrected chi connectivity index (χ1v) is 5.27. The van der Waals surface area contributed by atoms with Crippen molar-refractivity contribution in [2.24, 2.45) is 7.05 Å². The molecule has 0 spiro atoms. The van der Waals surface area contributed by atoms with Gasteiger partial charge in [-0.25, -0.2) is 9.78 Å². The number of rotatable bonds is 4. The van der Waals surface area contributed by atoms with Crippen molar-refractivity contribution in [1.29, 1.82) is 0 Å². The topological polar surface area (TPSA) is 106 Å². The third-order valence-corrected chi connectivity index (χ3v) is 2.38. The Balaban J connectivity index is 2.13. The maximum absolute atomic E-state index is 10.8. The second kappa shape index (κ2) is 4.74. The number of aryl methyl sites for hydroxylation is 1. The molecule has 2 aromatic rings. The summed E-state index contributed by atoms with van der Waals surface area (Å²) in [6.45, 7) is 0.383. The molecule has 0 saturated carbocycles. The zero-order valence-electron chi connectivity index (χ0n) is 9.79. The first-order chi connectivity index (χ1) is 8.56. The van der Waals surface area contributed by atoms with Crippen molar-refractivity contribution in [3.05, 3.63) is 35.9 Å². The van der Waals surface area contributed by atoms with Gasteiger partial charge < -0.3 is 16.2 Å². The number of nitrogens with two attached hydrogens (primary N) is 1. The molecule has 0 bridgehead atoms. The largest absolute Gasteiger partial charge is 0.478 e. The van der Waals surface area contributed by atoms with E-state index >= 15 is 0 Å². The molecule has 18 heavy (non-hydrogen) atoms. The van der Waals surface area contributed by atoms with E-state index in [1.54, 1.807) is 24.1 Å². The molecule has 1 aromatic heterocycles. The molecule has 0 unspecified atom stereocenters. The molecular formula is C11H13N5O2. The number of nitrogens with one attached hydrogen (secondary N) is 1. The van der Waals surface area contributed by atoms with Crippen LogP contribution in [0.4, 0.5) is 11.4 Å². The van der Waals surface area contributed by atoms with Gasteiger partial charge >= 0.3 is 5.97 Å². The molecular weight excluding hydrogens is 234 g/mol. The number of anilines is 2. The highest BCUT2D eigenvalue weighted by atomic mass is 16.4. The summed E-state index contributed by atoms with van der Waals surface area (Å²) in [5.41, 5.74) is 6.98. The third kappa shape index (κ3) is 2.57. The molecule has 0 fully saturated rings. The van der Waals surface area contributed by atoms with Gasteiger partial charge in [-0.05, 0) is 18.2 Å². The molecule has 4 N–H and O–H groups in total. The summed E-state index contributed by atoms with van der Waals surface area (Å²) in [7, 11) is 1.77. The first-order valence-electron chi connectivity index (χ1n) is 5.27. The SMILES string of the molecule is Cn1cnc(CNc2cc(C(=O)O)ccc2N)n1. The van der Waals surface area contributed by atoms with Gasteiger partial charge in [0.05, 0.1) is 23.5 Å². The van der Waals surface area contributed by atoms with Gasteiger partial charge in [-0.15, -0.1) is 0 Å². The summed E-state index contributed by atoms with van der Waals surface area (Å²) in [6.07, 6.45) is 1.59. The fourth-order valence-corrected chi connectivity index (χ4v) is 1.48. The fraction of sp³-hybridized carbons (Fsp3) is 0.182. The molecule has 7 nitrogen and oxygen atoms in total. The number of nitrogens with zero attached hydrogens (tertiary/aromatic N) is 3. The predicted octanol–water partition coefficient (Wildman–Crippen LogP) is 0.708. The van der Waals surface area contributed by atoms with Gasteiger partial charge in [0, 0.05) is 7.05 Å². The van der Waals surface area contributed by atoms with E-state index in [-0.39, 0.29) is 5.56 Å². The van der Waals surface area contributed by atoms with Crippen LogP contribution >= 0.6 is 0 Å². The third-order valence-electron chi connectivity index (χ3n) is 2.38. The predicted molar refractivity (Wildman–Crippen MR) is 66.1 cm³/mol. The lowest BCUT2D eigenvalue weighted by molar-refractivity contribution is 0.0697. The van der Waals surface area contributed by atoms with Gasteiger partial charge in [-0.1, -0.05) is 0 Å². The number of carbonyl (C=O) groups is 1. The Morgan fingerprint density at radius 1 is 1.56 bits per heavy atom. The van der Waals surface area contributed by atoms with Crippen LogP contribution in [0.1, 0.15) is 16.2 Å². The molecule has 0 aliphatic heterocycles. The molecule has 0 amide bonds. The van der Waals surface area contributed by atoms with E-state index < -0.39 is 5.97 Å². The molecule has 0 radical (unpaired) electrons. The molecule has 94 valence electrons. The highest BCUT2D eigenvalue weighted by molar-refractivity contribution is 5.90. The lowest BCUT2D eigenvalue weighted by Crippen LogP contribution is -2.06. The lowest BCUT2D eigenvalue weighted by Gasteiger charge is -2.08. The Hall–Kier alpha value is -2.57. The molecule has 0 aliphatic rings. The number of hydrogen-bond acceptors (Lipinski definition) is 5. The average Bonchev–Trinajstić information content (AvgIpc) is 2.74. The van der Waals surface area contributed by atoms with Crippen LogP contribution in [0.2, 0.25) is 0 Å². The van der Waals surface area contributed by atoms with E-state index in [0.29, 0.717) is 23.7 Å². The van der Waals surface area contributed by atoms with Gasteiger partial charge in [-0.3, -0.25) is 4.68 Å². The Morgan fingerprint density at radius 2 is 2.33 bits per heavy atom. The van der Waals surface area contributed by atoms with Crippen LogP contribution in [0, 0.1) is 0 Å². The normalized spacial score (nSPS) is 10.3. The fourth-order valence-electron chi connectivity index (χ4n) is 1.48. The highest BCUT2D eigenvalue weighted by Crippen LogP contribution is 2.20. The van der Waals surface area contributed by atoms with Crippen molar-refractivity contribution in [1.82, 2.24) is 14.8 Å². The summed E-state index contributed by atoms with van der Waals surface area (Å²) in [6, 6.07) is 4.50. The van der Waals surface area contributed by atoms with Gasteiger partial charge in [0.25, 0.3) is 0 Å². The maximum Gasteiger partial charge on any atom is 0.335 e. The Kier molecular flexibility index (Phi) is 3.13. The van der Waals surface area contributed by atoms with Crippen molar-refractivity contribution in [3.8, 4) is 0 Å². The zero-order valence-corrected chi connectivity index (χ0v) is 9.79. The van der Waals surface area contributed by atoms with E-state index in [1.165, 1.54) is 12.1 Å². The maximum atomic E-state index is 10.8. The molecule has 0 atom stereocenters. The number of aromatic nitrogens is 3. The summed E-state index contributed by atoms with van der Waals surface area (Å²) in [5.74, 6) is -0.383. The van der Waals surface area contributed by atoms with Crippen LogP contribution in [-0.2, 0) is 13.6 Å². The van der Waals surface area contributed by atoms with Crippen molar-refractivity contribution < 1.29 is 9.90 Å². The van der Waals surface area contributed by atoms with Crippen LogP contribution < -0.4 is 11.1 Å². The lowest BCUT2D eigenvalue weighted by atomic mass is 10.1. The number of hydrogen-bond donors (Lipinski definition) is 3. The summed E-state index contributed by atoms with van der Waals surface area (Å²) in [4.78, 5) is 14.9. The van der Waals surface area contributed by atoms with Crippen LogP contribution in [0.5, 0.6) is 0 Å². The van der Waals surface area contributed by atoms with Gasteiger partial charge in [-0.2, -0.15) is 5.10 Å². The number of carboxylic acid groups (broad SMARTS) is 1. The van der Waals surface area contributed by atoms with Gasteiger partial charge in [0.2, 0.25) is 0 Å². The second-order valence-corrected chi connectivity index (χ2v) is 3.80. The molecule has 0 saturated heterocycles. The standard InChI is InChI=1S/C11H13N5O2/c1-16-6-14-10(15-16)5-13-9-4-7(11(17)18)2-3-8(9)12/h2-4,6,13H,5,12H2,1H3,(H,17,18). The van der Waals surface area contributed by atoms with E-state index in [4.69, 9.17) is 10.8 Å². The van der Waals surface area contributed by atoms with E-state index in [0.717, 1.165) is 0 Å². The van der Waals surface area contributed by atoms with Gasteiger partial charge in [0.1, 0.15) is 6.33 Å². The number of aromatic carboxylic acids is 1. The molecule has 1 aromatic carbocycles. The van der Waals surface area contributed by atoms with Crippen molar-refractivity contribution >= 4 is 17.3 Å². The van der Waals surface area contributed by atoms with Crippen LogP contribution in [0.3, 0.4) is 0 Å². The first kappa shape index (κ1) is 11.9. The van der Waals surface area contributed by atoms with Crippen molar-refractivity contribution in [2.75, 3.05) is 11.1 Å². The summed E-state index contributed by atoms with van der Waals surface area (Å²) in [5, 5.41) is 16.0. The average molecular weight is 247 g/mol. The smallest absolute Gasteiger partial charge is 0.335 e. The Labute approximate surface area is 103 Å².